The number of ether oxygens (including phenoxy) is 1. The highest BCUT2D eigenvalue weighted by Crippen LogP contribution is 2.22. The van der Waals surface area contributed by atoms with E-state index in [-0.39, 0.29) is 11.9 Å². The highest BCUT2D eigenvalue weighted by Gasteiger charge is 2.18. The van der Waals surface area contributed by atoms with Gasteiger partial charge in [0.2, 0.25) is 0 Å². The minimum Gasteiger partial charge on any atom is -0.465 e. The molecule has 1 unspecified atom stereocenters. The Labute approximate surface area is 152 Å². The second-order valence-electron chi connectivity index (χ2n) is 8.58. The molecule has 24 heavy (non-hydrogen) atoms. The van der Waals surface area contributed by atoms with E-state index in [1.165, 1.54) is 51.4 Å². The van der Waals surface area contributed by atoms with Crippen molar-refractivity contribution in [3.8, 4) is 0 Å². The maximum atomic E-state index is 12.3. The molecule has 0 radical (unpaired) electrons. The molecule has 0 spiro atoms. The Morgan fingerprint density at radius 2 is 1.38 bits per heavy atom. The van der Waals surface area contributed by atoms with Gasteiger partial charge in [0.1, 0.15) is 0 Å². The molecule has 0 aromatic carbocycles. The summed E-state index contributed by atoms with van der Waals surface area (Å²) >= 11 is 0. The molecule has 144 valence electrons. The largest absolute Gasteiger partial charge is 0.465 e. The molecule has 0 saturated carbocycles. The number of hydrogen-bond acceptors (Lipinski definition) is 2. The molecule has 0 amide bonds. The van der Waals surface area contributed by atoms with E-state index < -0.39 is 0 Å². The standard InChI is InChI=1S/C22H44O2/c1-6-8-10-13-17-20(16-9-7-2)21(23)24-19-15-12-11-14-18-22(3,4)5/h20H,6-19H2,1-5H3. The zero-order chi connectivity index (χ0) is 18.3. The number of hydrogen-bond donors (Lipinski definition) is 0. The van der Waals surface area contributed by atoms with Crippen molar-refractivity contribution in [2.45, 2.75) is 118 Å². The van der Waals surface area contributed by atoms with Crippen molar-refractivity contribution in [1.29, 1.82) is 0 Å². The molecule has 0 aromatic heterocycles. The number of carbonyl (C=O) groups is 1. The van der Waals surface area contributed by atoms with Gasteiger partial charge in [-0.3, -0.25) is 4.79 Å². The molecule has 0 aliphatic carbocycles. The number of rotatable bonds is 15. The lowest BCUT2D eigenvalue weighted by Crippen LogP contribution is -2.18. The van der Waals surface area contributed by atoms with Gasteiger partial charge in [-0.1, -0.05) is 92.4 Å². The smallest absolute Gasteiger partial charge is 0.308 e. The molecule has 0 bridgehead atoms. The third-order valence-electron chi connectivity index (χ3n) is 4.71. The monoisotopic (exact) mass is 340 g/mol. The van der Waals surface area contributed by atoms with E-state index in [1.807, 2.05) is 0 Å². The van der Waals surface area contributed by atoms with Crippen LogP contribution < -0.4 is 0 Å². The van der Waals surface area contributed by atoms with Crippen LogP contribution in [-0.4, -0.2) is 12.6 Å². The SMILES string of the molecule is CCCCCCC(CCCC)C(=O)OCCCCCCC(C)(C)C. The Balaban J connectivity index is 3.83. The van der Waals surface area contributed by atoms with Gasteiger partial charge in [0, 0.05) is 0 Å². The summed E-state index contributed by atoms with van der Waals surface area (Å²) < 4.78 is 5.57. The average molecular weight is 341 g/mol. The van der Waals surface area contributed by atoms with Crippen molar-refractivity contribution in [2.75, 3.05) is 6.61 Å². The van der Waals surface area contributed by atoms with Crippen molar-refractivity contribution in [1.82, 2.24) is 0 Å². The van der Waals surface area contributed by atoms with Crippen LogP contribution in [0.1, 0.15) is 118 Å². The van der Waals surface area contributed by atoms with Gasteiger partial charge in [-0.2, -0.15) is 0 Å². The zero-order valence-electron chi connectivity index (χ0n) is 17.3. The summed E-state index contributed by atoms with van der Waals surface area (Å²) in [6, 6.07) is 0. The van der Waals surface area contributed by atoms with Gasteiger partial charge in [-0.15, -0.1) is 0 Å². The van der Waals surface area contributed by atoms with Crippen LogP contribution in [0, 0.1) is 11.3 Å². The van der Waals surface area contributed by atoms with Gasteiger partial charge >= 0.3 is 5.97 Å². The summed E-state index contributed by atoms with van der Waals surface area (Å²) in [4.78, 5) is 12.3. The van der Waals surface area contributed by atoms with Crippen molar-refractivity contribution >= 4 is 5.97 Å². The van der Waals surface area contributed by atoms with Gasteiger partial charge in [0.25, 0.3) is 0 Å². The molecule has 0 aliphatic heterocycles. The molecule has 2 heteroatoms. The lowest BCUT2D eigenvalue weighted by molar-refractivity contribution is -0.149. The third-order valence-corrected chi connectivity index (χ3v) is 4.71. The minimum atomic E-state index is 0.0645. The Kier molecular flexibility index (Phi) is 14.5. The summed E-state index contributed by atoms with van der Waals surface area (Å²) in [6.07, 6.45) is 15.3. The normalized spacial score (nSPS) is 13.0. The zero-order valence-corrected chi connectivity index (χ0v) is 17.3. The highest BCUT2D eigenvalue weighted by molar-refractivity contribution is 5.72. The number of esters is 1. The van der Waals surface area contributed by atoms with Gasteiger partial charge in [-0.25, -0.2) is 0 Å². The van der Waals surface area contributed by atoms with Gasteiger partial charge in [-0.05, 0) is 31.1 Å². The van der Waals surface area contributed by atoms with Crippen molar-refractivity contribution in [3.05, 3.63) is 0 Å². The average Bonchev–Trinajstić information content (AvgIpc) is 2.52. The van der Waals surface area contributed by atoms with Gasteiger partial charge in [0.05, 0.1) is 12.5 Å². The van der Waals surface area contributed by atoms with Crippen molar-refractivity contribution in [2.24, 2.45) is 11.3 Å². The number of carbonyl (C=O) groups excluding carboxylic acids is 1. The van der Waals surface area contributed by atoms with Crippen molar-refractivity contribution in [3.63, 3.8) is 0 Å². The van der Waals surface area contributed by atoms with Crippen molar-refractivity contribution < 1.29 is 9.53 Å². The lowest BCUT2D eigenvalue weighted by atomic mass is 9.89. The molecule has 0 aromatic rings. The van der Waals surface area contributed by atoms with Crippen LogP contribution in [0.2, 0.25) is 0 Å². The first-order valence-electron chi connectivity index (χ1n) is 10.6. The maximum Gasteiger partial charge on any atom is 0.308 e. The van der Waals surface area contributed by atoms with E-state index in [1.54, 1.807) is 0 Å². The molecular weight excluding hydrogens is 296 g/mol. The summed E-state index contributed by atoms with van der Waals surface area (Å²) in [7, 11) is 0. The Bertz CT molecular complexity index is 291. The van der Waals surface area contributed by atoms with Gasteiger partial charge < -0.3 is 4.74 Å². The Morgan fingerprint density at radius 1 is 0.792 bits per heavy atom. The summed E-state index contributed by atoms with van der Waals surface area (Å²) in [5.74, 6) is 0.206. The molecule has 0 rings (SSSR count). The molecule has 0 fully saturated rings. The lowest BCUT2D eigenvalue weighted by Gasteiger charge is -2.17. The van der Waals surface area contributed by atoms with E-state index in [4.69, 9.17) is 4.74 Å². The molecule has 0 N–H and O–H groups in total. The molecule has 0 aliphatic rings. The van der Waals surface area contributed by atoms with Crippen LogP contribution in [0.25, 0.3) is 0 Å². The molecule has 0 heterocycles. The summed E-state index contributed by atoms with van der Waals surface area (Å²) in [6.45, 7) is 11.9. The second kappa shape index (κ2) is 14.8. The van der Waals surface area contributed by atoms with E-state index in [2.05, 4.69) is 34.6 Å². The van der Waals surface area contributed by atoms with Crippen LogP contribution >= 0.6 is 0 Å². The first-order chi connectivity index (χ1) is 11.4. The van der Waals surface area contributed by atoms with Crippen LogP contribution in [-0.2, 0) is 9.53 Å². The Morgan fingerprint density at radius 3 is 2.00 bits per heavy atom. The summed E-state index contributed by atoms with van der Waals surface area (Å²) in [5.41, 5.74) is 0.441. The molecule has 2 nitrogen and oxygen atoms in total. The molecule has 1 atom stereocenters. The predicted octanol–water partition coefficient (Wildman–Crippen LogP) is 7.30. The maximum absolute atomic E-state index is 12.3. The fourth-order valence-corrected chi connectivity index (χ4v) is 3.05. The molecule has 0 saturated heterocycles. The quantitative estimate of drug-likeness (QED) is 0.231. The molecular formula is C22H44O2. The van der Waals surface area contributed by atoms with Crippen LogP contribution in [0.4, 0.5) is 0 Å². The van der Waals surface area contributed by atoms with Crippen LogP contribution in [0.3, 0.4) is 0 Å². The van der Waals surface area contributed by atoms with Crippen LogP contribution in [0.5, 0.6) is 0 Å². The highest BCUT2D eigenvalue weighted by atomic mass is 16.5. The Hall–Kier alpha value is -0.530. The number of unbranched alkanes of at least 4 members (excludes halogenated alkanes) is 7. The fraction of sp³-hybridized carbons (Fsp3) is 0.955. The van der Waals surface area contributed by atoms with Crippen LogP contribution in [0.15, 0.2) is 0 Å². The third kappa shape index (κ3) is 15.0. The summed E-state index contributed by atoms with van der Waals surface area (Å²) in [5, 5.41) is 0. The topological polar surface area (TPSA) is 26.3 Å². The first kappa shape index (κ1) is 23.5. The van der Waals surface area contributed by atoms with E-state index in [9.17, 15) is 4.79 Å². The minimum absolute atomic E-state index is 0.0645. The van der Waals surface area contributed by atoms with Gasteiger partial charge in [0.15, 0.2) is 0 Å². The fourth-order valence-electron chi connectivity index (χ4n) is 3.05. The second-order valence-corrected chi connectivity index (χ2v) is 8.58. The predicted molar refractivity (Wildman–Crippen MR) is 105 cm³/mol. The first-order valence-corrected chi connectivity index (χ1v) is 10.6. The van der Waals surface area contributed by atoms with E-state index in [0.29, 0.717) is 12.0 Å². The van der Waals surface area contributed by atoms with E-state index >= 15 is 0 Å². The van der Waals surface area contributed by atoms with E-state index in [0.717, 1.165) is 32.1 Å².